The van der Waals surface area contributed by atoms with E-state index in [4.69, 9.17) is 14.2 Å². The number of fused-ring (bicyclic) bond motifs is 1. The fraction of sp³-hybridized carbons (Fsp3) is 0.440. The normalized spacial score (nSPS) is 15.3. The average molecular weight is 527 g/mol. The molecule has 0 unspecified atom stereocenters. The van der Waals surface area contributed by atoms with Crippen LogP contribution >= 0.6 is 11.3 Å². The van der Waals surface area contributed by atoms with Gasteiger partial charge < -0.3 is 24.4 Å². The molecule has 3 aromatic rings. The van der Waals surface area contributed by atoms with Crippen molar-refractivity contribution in [2.45, 2.75) is 44.7 Å². The zero-order valence-corrected chi connectivity index (χ0v) is 21.9. The molecule has 3 N–H and O–H groups in total. The largest absolute Gasteiger partial charge is 0.493 e. The van der Waals surface area contributed by atoms with Crippen LogP contribution in [0.1, 0.15) is 46.7 Å². The number of hydrogen-bond donors (Lipinski definition) is 3. The molecule has 0 atom stereocenters. The summed E-state index contributed by atoms with van der Waals surface area (Å²) in [7, 11) is 4.64. The van der Waals surface area contributed by atoms with E-state index in [1.165, 1.54) is 11.3 Å². The lowest BCUT2D eigenvalue weighted by atomic mass is 10.1. The number of hydrogen-bond acceptors (Lipinski definition) is 8. The highest BCUT2D eigenvalue weighted by Gasteiger charge is 2.27. The van der Waals surface area contributed by atoms with E-state index >= 15 is 0 Å². The van der Waals surface area contributed by atoms with E-state index < -0.39 is 0 Å². The summed E-state index contributed by atoms with van der Waals surface area (Å²) in [6.45, 7) is 0.956. The summed E-state index contributed by atoms with van der Waals surface area (Å²) in [6, 6.07) is 5.30. The summed E-state index contributed by atoms with van der Waals surface area (Å²) in [5.41, 5.74) is 2.61. The maximum atomic E-state index is 13.3. The predicted molar refractivity (Wildman–Crippen MR) is 139 cm³/mol. The van der Waals surface area contributed by atoms with Crippen molar-refractivity contribution in [1.82, 2.24) is 25.4 Å². The molecule has 0 radical (unpaired) electrons. The minimum atomic E-state index is -0.220. The number of carbonyl (C=O) groups is 2. The van der Waals surface area contributed by atoms with Gasteiger partial charge in [0.1, 0.15) is 5.69 Å². The van der Waals surface area contributed by atoms with Crippen LogP contribution in [0.2, 0.25) is 0 Å². The SMILES string of the molecule is COc1cc(-c2cc(C(=O)N3CCc4nc(NC(=O)NC5CCCC5)sc4C3)[nH]n2)cc(OC)c1OC. The smallest absolute Gasteiger partial charge is 0.321 e. The molecule has 37 heavy (non-hydrogen) atoms. The molecule has 3 amide bonds. The summed E-state index contributed by atoms with van der Waals surface area (Å²) in [4.78, 5) is 32.9. The number of urea groups is 1. The van der Waals surface area contributed by atoms with Gasteiger partial charge in [-0.15, -0.1) is 0 Å². The van der Waals surface area contributed by atoms with Gasteiger partial charge in [-0.05, 0) is 31.0 Å². The molecule has 5 rings (SSSR count). The number of anilines is 1. The molecular formula is C25H30N6O5S. The number of amides is 3. The fourth-order valence-electron chi connectivity index (χ4n) is 4.79. The average Bonchev–Trinajstić information content (AvgIpc) is 3.67. The number of nitrogens with zero attached hydrogens (tertiary/aromatic N) is 3. The standard InChI is InChI=1S/C25H30N6O5S/c1-34-19-10-14(11-20(35-2)22(19)36-3)17-12-18(30-29-17)23(32)31-9-8-16-21(13-31)37-25(27-16)28-24(33)26-15-6-4-5-7-15/h10-12,15H,4-9,13H2,1-3H3,(H,29,30)(H2,26,27,28,33). The number of methoxy groups -OCH3 is 3. The highest BCUT2D eigenvalue weighted by atomic mass is 32.1. The number of ether oxygens (including phenoxy) is 3. The van der Waals surface area contributed by atoms with Gasteiger partial charge >= 0.3 is 6.03 Å². The van der Waals surface area contributed by atoms with Crippen LogP contribution in [-0.4, -0.2) is 65.9 Å². The molecule has 1 aliphatic carbocycles. The first kappa shape index (κ1) is 24.9. The number of benzene rings is 1. The fourth-order valence-corrected chi connectivity index (χ4v) is 5.81. The third-order valence-electron chi connectivity index (χ3n) is 6.70. The number of aromatic nitrogens is 3. The van der Waals surface area contributed by atoms with Gasteiger partial charge in [0, 0.05) is 29.4 Å². The molecular weight excluding hydrogens is 496 g/mol. The third-order valence-corrected chi connectivity index (χ3v) is 7.70. The van der Waals surface area contributed by atoms with E-state index in [1.54, 1.807) is 44.4 Å². The Labute approximate surface area is 218 Å². The number of thiazole rings is 1. The van der Waals surface area contributed by atoms with E-state index in [0.717, 1.165) is 41.8 Å². The maximum absolute atomic E-state index is 13.3. The molecule has 3 heterocycles. The first-order valence-corrected chi connectivity index (χ1v) is 13.0. The Hall–Kier alpha value is -3.80. The first-order chi connectivity index (χ1) is 18.0. The zero-order valence-electron chi connectivity index (χ0n) is 21.1. The van der Waals surface area contributed by atoms with Crippen molar-refractivity contribution in [3.05, 3.63) is 34.5 Å². The van der Waals surface area contributed by atoms with Crippen LogP contribution in [-0.2, 0) is 13.0 Å². The number of H-pyrrole nitrogens is 1. The molecule has 0 bridgehead atoms. The topological polar surface area (TPSA) is 131 Å². The monoisotopic (exact) mass is 526 g/mol. The van der Waals surface area contributed by atoms with Gasteiger partial charge in [0.25, 0.3) is 5.91 Å². The van der Waals surface area contributed by atoms with Gasteiger partial charge in [0.2, 0.25) is 5.75 Å². The number of aromatic amines is 1. The van der Waals surface area contributed by atoms with E-state index in [1.807, 2.05) is 0 Å². The van der Waals surface area contributed by atoms with E-state index in [-0.39, 0.29) is 18.0 Å². The van der Waals surface area contributed by atoms with Gasteiger partial charge in [0.15, 0.2) is 16.6 Å². The van der Waals surface area contributed by atoms with Crippen molar-refractivity contribution in [3.63, 3.8) is 0 Å². The zero-order chi connectivity index (χ0) is 25.9. The van der Waals surface area contributed by atoms with Crippen LogP contribution in [0.15, 0.2) is 18.2 Å². The summed E-state index contributed by atoms with van der Waals surface area (Å²) in [5, 5.41) is 13.6. The van der Waals surface area contributed by atoms with Gasteiger partial charge in [-0.25, -0.2) is 9.78 Å². The van der Waals surface area contributed by atoms with Crippen LogP contribution in [0.3, 0.4) is 0 Å². The summed E-state index contributed by atoms with van der Waals surface area (Å²) >= 11 is 1.41. The van der Waals surface area contributed by atoms with E-state index in [2.05, 4.69) is 25.8 Å². The van der Waals surface area contributed by atoms with Gasteiger partial charge in [-0.2, -0.15) is 5.10 Å². The highest BCUT2D eigenvalue weighted by Crippen LogP contribution is 2.41. The minimum absolute atomic E-state index is 0.154. The molecule has 0 spiro atoms. The molecule has 1 saturated carbocycles. The summed E-state index contributed by atoms with van der Waals surface area (Å²) in [6.07, 6.45) is 4.97. The summed E-state index contributed by atoms with van der Waals surface area (Å²) < 4.78 is 16.2. The lowest BCUT2D eigenvalue weighted by Crippen LogP contribution is -2.36. The quantitative estimate of drug-likeness (QED) is 0.427. The molecule has 2 aliphatic rings. The van der Waals surface area contributed by atoms with Crippen LogP contribution in [0.4, 0.5) is 9.93 Å². The number of rotatable bonds is 7. The van der Waals surface area contributed by atoms with Crippen molar-refractivity contribution < 1.29 is 23.8 Å². The highest BCUT2D eigenvalue weighted by molar-refractivity contribution is 7.15. The van der Waals surface area contributed by atoms with Crippen LogP contribution in [0.25, 0.3) is 11.3 Å². The second-order valence-corrected chi connectivity index (χ2v) is 10.1. The second kappa shape index (κ2) is 10.7. The molecule has 12 heteroatoms. The van der Waals surface area contributed by atoms with Crippen LogP contribution < -0.4 is 24.8 Å². The minimum Gasteiger partial charge on any atom is -0.493 e. The number of carbonyl (C=O) groups excluding carboxylic acids is 2. The Morgan fingerprint density at radius 1 is 1.08 bits per heavy atom. The Balaban J connectivity index is 1.26. The lowest BCUT2D eigenvalue weighted by Gasteiger charge is -2.25. The maximum Gasteiger partial charge on any atom is 0.321 e. The third kappa shape index (κ3) is 5.19. The van der Waals surface area contributed by atoms with Crippen molar-refractivity contribution in [1.29, 1.82) is 0 Å². The molecule has 11 nitrogen and oxygen atoms in total. The van der Waals surface area contributed by atoms with Crippen molar-refractivity contribution in [3.8, 4) is 28.5 Å². The Kier molecular flexibility index (Phi) is 7.17. The van der Waals surface area contributed by atoms with E-state index in [9.17, 15) is 9.59 Å². The van der Waals surface area contributed by atoms with Gasteiger partial charge in [-0.3, -0.25) is 15.2 Å². The lowest BCUT2D eigenvalue weighted by molar-refractivity contribution is 0.0730. The van der Waals surface area contributed by atoms with Crippen molar-refractivity contribution in [2.75, 3.05) is 33.2 Å². The number of nitrogens with one attached hydrogen (secondary N) is 3. The molecule has 1 aliphatic heterocycles. The summed E-state index contributed by atoms with van der Waals surface area (Å²) in [5.74, 6) is 1.34. The molecule has 0 saturated heterocycles. The molecule has 196 valence electrons. The Morgan fingerprint density at radius 2 is 1.81 bits per heavy atom. The van der Waals surface area contributed by atoms with Crippen molar-refractivity contribution in [2.24, 2.45) is 0 Å². The Bertz CT molecular complexity index is 1270. The molecule has 1 fully saturated rings. The predicted octanol–water partition coefficient (Wildman–Crippen LogP) is 3.82. The molecule has 2 aromatic heterocycles. The second-order valence-electron chi connectivity index (χ2n) is 9.03. The van der Waals surface area contributed by atoms with Crippen LogP contribution in [0.5, 0.6) is 17.2 Å². The Morgan fingerprint density at radius 3 is 2.49 bits per heavy atom. The van der Waals surface area contributed by atoms with Crippen molar-refractivity contribution >= 4 is 28.4 Å². The van der Waals surface area contributed by atoms with E-state index in [0.29, 0.717) is 53.3 Å². The van der Waals surface area contributed by atoms with Gasteiger partial charge in [-0.1, -0.05) is 24.2 Å². The molecule has 1 aromatic carbocycles. The van der Waals surface area contributed by atoms with Crippen LogP contribution in [0, 0.1) is 0 Å². The first-order valence-electron chi connectivity index (χ1n) is 12.2. The van der Waals surface area contributed by atoms with Gasteiger partial charge in [0.05, 0.1) is 39.3 Å².